The summed E-state index contributed by atoms with van der Waals surface area (Å²) in [6.07, 6.45) is 2.57. The number of hydrogen-bond acceptors (Lipinski definition) is 3. The summed E-state index contributed by atoms with van der Waals surface area (Å²) in [5, 5.41) is 0. The van der Waals surface area contributed by atoms with E-state index in [1.165, 1.54) is 25.0 Å². The quantitative estimate of drug-likeness (QED) is 0.743. The van der Waals surface area contributed by atoms with Gasteiger partial charge in [0.25, 0.3) is 0 Å². The Morgan fingerprint density at radius 3 is 2.04 bits per heavy atom. The molecule has 0 radical (unpaired) electrons. The topological polar surface area (TPSA) is 23.6 Å². The lowest BCUT2D eigenvalue weighted by molar-refractivity contribution is 0.103. The van der Waals surface area contributed by atoms with Crippen molar-refractivity contribution >= 4 is 11.5 Å². The summed E-state index contributed by atoms with van der Waals surface area (Å²) in [4.78, 5) is 16.5. The normalized spacial score (nSPS) is 18.0. The minimum atomic E-state index is -0.740. The van der Waals surface area contributed by atoms with Gasteiger partial charge in [-0.1, -0.05) is 0 Å². The third-order valence-corrected chi connectivity index (χ3v) is 5.29. The fraction of sp³-hybridized carbons (Fsp3) is 0.381. The first kappa shape index (κ1) is 18.0. The molecule has 0 spiro atoms. The van der Waals surface area contributed by atoms with Crippen LogP contribution in [-0.4, -0.2) is 43.4 Å². The number of benzene rings is 2. The second kappa shape index (κ2) is 7.35. The van der Waals surface area contributed by atoms with E-state index < -0.39 is 23.2 Å². The van der Waals surface area contributed by atoms with Gasteiger partial charge in [0.05, 0.1) is 0 Å². The van der Waals surface area contributed by atoms with Gasteiger partial charge in [0, 0.05) is 43.9 Å². The molecule has 0 N–H and O–H groups in total. The molecule has 1 saturated heterocycles. The van der Waals surface area contributed by atoms with Gasteiger partial charge in [-0.2, -0.15) is 0 Å². The van der Waals surface area contributed by atoms with Crippen molar-refractivity contribution in [3.05, 3.63) is 65.0 Å². The second-order valence-corrected chi connectivity index (χ2v) is 7.36. The molecule has 3 nitrogen and oxygen atoms in total. The molecule has 0 atom stereocenters. The van der Waals surface area contributed by atoms with Crippen molar-refractivity contribution in [2.75, 3.05) is 37.6 Å². The molecule has 6 heteroatoms. The van der Waals surface area contributed by atoms with Crippen LogP contribution in [0, 0.1) is 23.4 Å². The summed E-state index contributed by atoms with van der Waals surface area (Å²) in [7, 11) is 0. The molecular formula is C21H21F3N2O. The van der Waals surface area contributed by atoms with Gasteiger partial charge in [0.1, 0.15) is 23.1 Å². The Hall–Kier alpha value is -2.34. The summed E-state index contributed by atoms with van der Waals surface area (Å²) in [5.74, 6) is -1.69. The van der Waals surface area contributed by atoms with Gasteiger partial charge in [-0.05, 0) is 55.2 Å². The highest BCUT2D eigenvalue weighted by Gasteiger charge is 2.28. The predicted molar refractivity (Wildman–Crippen MR) is 97.6 cm³/mol. The standard InChI is InChI=1S/C21H21F3N2O/c22-17-5-3-15(4-6-17)21(27)16-11-18(23)20(19(24)12-16)26-9-7-25(8-10-26)13-14-1-2-14/h3-6,11-12,14H,1-2,7-10,13H2. The SMILES string of the molecule is O=C(c1ccc(F)cc1)c1cc(F)c(N2CCN(CC3CC3)CC2)c(F)c1. The van der Waals surface area contributed by atoms with Gasteiger partial charge < -0.3 is 4.90 Å². The molecule has 1 aliphatic heterocycles. The minimum absolute atomic E-state index is 0.0725. The van der Waals surface area contributed by atoms with Crippen molar-refractivity contribution < 1.29 is 18.0 Å². The largest absolute Gasteiger partial charge is 0.364 e. The van der Waals surface area contributed by atoms with E-state index in [4.69, 9.17) is 0 Å². The molecule has 0 bridgehead atoms. The van der Waals surface area contributed by atoms with Crippen LogP contribution in [0.25, 0.3) is 0 Å². The predicted octanol–water partition coefficient (Wildman–Crippen LogP) is 3.87. The van der Waals surface area contributed by atoms with Crippen LogP contribution in [0.5, 0.6) is 0 Å². The van der Waals surface area contributed by atoms with Crippen molar-refractivity contribution in [1.29, 1.82) is 0 Å². The molecule has 0 amide bonds. The highest BCUT2D eigenvalue weighted by Crippen LogP contribution is 2.31. The number of anilines is 1. The van der Waals surface area contributed by atoms with E-state index >= 15 is 0 Å². The van der Waals surface area contributed by atoms with Crippen LogP contribution in [0.4, 0.5) is 18.9 Å². The van der Waals surface area contributed by atoms with E-state index in [-0.39, 0.29) is 16.8 Å². The van der Waals surface area contributed by atoms with E-state index in [1.54, 1.807) is 4.90 Å². The molecule has 142 valence electrons. The molecule has 1 heterocycles. The summed E-state index contributed by atoms with van der Waals surface area (Å²) in [6.45, 7) is 3.76. The van der Waals surface area contributed by atoms with Crippen molar-refractivity contribution in [3.63, 3.8) is 0 Å². The van der Waals surface area contributed by atoms with Gasteiger partial charge in [0.2, 0.25) is 0 Å². The molecular weight excluding hydrogens is 353 g/mol. The van der Waals surface area contributed by atoms with E-state index in [9.17, 15) is 18.0 Å². The number of carbonyl (C=O) groups excluding carboxylic acids is 1. The third-order valence-electron chi connectivity index (χ3n) is 5.29. The summed E-state index contributed by atoms with van der Waals surface area (Å²) >= 11 is 0. The van der Waals surface area contributed by atoms with E-state index in [0.717, 1.165) is 49.8 Å². The number of nitrogens with zero attached hydrogens (tertiary/aromatic N) is 2. The summed E-state index contributed by atoms with van der Waals surface area (Å²) in [5.41, 5.74) is 0.0427. The molecule has 2 aromatic rings. The molecule has 27 heavy (non-hydrogen) atoms. The number of ketones is 1. The zero-order valence-electron chi connectivity index (χ0n) is 14.9. The summed E-state index contributed by atoms with van der Waals surface area (Å²) < 4.78 is 42.3. The molecule has 1 aliphatic carbocycles. The monoisotopic (exact) mass is 374 g/mol. The van der Waals surface area contributed by atoms with Gasteiger partial charge in [-0.25, -0.2) is 13.2 Å². The van der Waals surface area contributed by atoms with E-state index in [2.05, 4.69) is 4.90 Å². The van der Waals surface area contributed by atoms with Gasteiger partial charge in [-0.3, -0.25) is 9.69 Å². The number of halogens is 3. The van der Waals surface area contributed by atoms with Crippen LogP contribution in [-0.2, 0) is 0 Å². The average Bonchev–Trinajstić information content (AvgIpc) is 3.46. The smallest absolute Gasteiger partial charge is 0.193 e. The number of rotatable bonds is 5. The number of hydrogen-bond donors (Lipinski definition) is 0. The van der Waals surface area contributed by atoms with Crippen LogP contribution in [0.1, 0.15) is 28.8 Å². The first-order chi connectivity index (χ1) is 13.0. The lowest BCUT2D eigenvalue weighted by Crippen LogP contribution is -2.47. The molecule has 0 aromatic heterocycles. The lowest BCUT2D eigenvalue weighted by atomic mass is 10.0. The maximum absolute atomic E-state index is 14.6. The minimum Gasteiger partial charge on any atom is -0.364 e. The van der Waals surface area contributed by atoms with E-state index in [1.807, 2.05) is 0 Å². The fourth-order valence-electron chi connectivity index (χ4n) is 3.59. The molecule has 0 unspecified atom stereocenters. The molecule has 4 rings (SSSR count). The van der Waals surface area contributed by atoms with Crippen LogP contribution >= 0.6 is 0 Å². The van der Waals surface area contributed by atoms with Crippen LogP contribution in [0.15, 0.2) is 36.4 Å². The highest BCUT2D eigenvalue weighted by molar-refractivity contribution is 6.09. The zero-order chi connectivity index (χ0) is 19.0. The van der Waals surface area contributed by atoms with Crippen molar-refractivity contribution in [3.8, 4) is 0 Å². The summed E-state index contributed by atoms with van der Waals surface area (Å²) in [6, 6.07) is 7.05. The Kier molecular flexibility index (Phi) is 4.91. The Bertz CT molecular complexity index is 818. The van der Waals surface area contributed by atoms with Gasteiger partial charge in [-0.15, -0.1) is 0 Å². The molecule has 2 aromatic carbocycles. The van der Waals surface area contributed by atoms with Gasteiger partial charge in [0.15, 0.2) is 5.78 Å². The Balaban J connectivity index is 1.50. The molecule has 2 fully saturated rings. The second-order valence-electron chi connectivity index (χ2n) is 7.36. The average molecular weight is 374 g/mol. The van der Waals surface area contributed by atoms with Gasteiger partial charge >= 0.3 is 0 Å². The molecule has 2 aliphatic rings. The maximum atomic E-state index is 14.6. The number of piperazine rings is 1. The Labute approximate surface area is 156 Å². The van der Waals surface area contributed by atoms with Crippen molar-refractivity contribution in [2.45, 2.75) is 12.8 Å². The van der Waals surface area contributed by atoms with Crippen molar-refractivity contribution in [2.24, 2.45) is 5.92 Å². The Morgan fingerprint density at radius 2 is 1.48 bits per heavy atom. The Morgan fingerprint density at radius 1 is 0.889 bits per heavy atom. The third kappa shape index (κ3) is 4.00. The first-order valence-corrected chi connectivity index (χ1v) is 9.28. The molecule has 1 saturated carbocycles. The fourth-order valence-corrected chi connectivity index (χ4v) is 3.59. The number of carbonyl (C=O) groups is 1. The zero-order valence-corrected chi connectivity index (χ0v) is 14.9. The first-order valence-electron chi connectivity index (χ1n) is 9.28. The maximum Gasteiger partial charge on any atom is 0.193 e. The lowest BCUT2D eigenvalue weighted by Gasteiger charge is -2.36. The van der Waals surface area contributed by atoms with Crippen LogP contribution < -0.4 is 4.90 Å². The van der Waals surface area contributed by atoms with Crippen LogP contribution in [0.3, 0.4) is 0 Å². The van der Waals surface area contributed by atoms with Crippen LogP contribution in [0.2, 0.25) is 0 Å². The highest BCUT2D eigenvalue weighted by atomic mass is 19.1. The van der Waals surface area contributed by atoms with E-state index in [0.29, 0.717) is 13.1 Å². The van der Waals surface area contributed by atoms with Crippen molar-refractivity contribution in [1.82, 2.24) is 4.90 Å².